The third kappa shape index (κ3) is 2.24. The van der Waals surface area contributed by atoms with Gasteiger partial charge < -0.3 is 5.73 Å². The molecule has 5 heteroatoms. The Labute approximate surface area is 101 Å². The molecular weight excluding hydrogens is 273 g/mol. The fraction of sp³-hybridized carbons (Fsp3) is 0.182. The second kappa shape index (κ2) is 4.25. The minimum absolute atomic E-state index is 0.241. The van der Waals surface area contributed by atoms with Crippen LogP contribution in [0, 0.1) is 12.7 Å². The lowest BCUT2D eigenvalue weighted by atomic mass is 10.2. The van der Waals surface area contributed by atoms with Crippen LogP contribution in [0.5, 0.6) is 0 Å². The standard InChI is InChI=1S/C11H11BrFN3/c1-7-5-16(15-11(7)14)6-8-4-9(12)2-3-10(8)13/h2-5H,6H2,1H3,(H2,14,15). The van der Waals surface area contributed by atoms with E-state index in [0.29, 0.717) is 17.9 Å². The van der Waals surface area contributed by atoms with E-state index in [-0.39, 0.29) is 5.82 Å². The van der Waals surface area contributed by atoms with Gasteiger partial charge >= 0.3 is 0 Å². The number of aromatic nitrogens is 2. The van der Waals surface area contributed by atoms with E-state index in [9.17, 15) is 4.39 Å². The summed E-state index contributed by atoms with van der Waals surface area (Å²) in [7, 11) is 0. The highest BCUT2D eigenvalue weighted by Gasteiger charge is 2.06. The lowest BCUT2D eigenvalue weighted by Crippen LogP contribution is -2.03. The summed E-state index contributed by atoms with van der Waals surface area (Å²) in [6.07, 6.45) is 1.80. The second-order valence-corrected chi connectivity index (χ2v) is 4.55. The second-order valence-electron chi connectivity index (χ2n) is 3.63. The van der Waals surface area contributed by atoms with Crippen molar-refractivity contribution in [1.82, 2.24) is 9.78 Å². The summed E-state index contributed by atoms with van der Waals surface area (Å²) in [5, 5.41) is 4.09. The summed E-state index contributed by atoms with van der Waals surface area (Å²) in [4.78, 5) is 0. The van der Waals surface area contributed by atoms with Crippen LogP contribution in [0.3, 0.4) is 0 Å². The average molecular weight is 284 g/mol. The molecule has 0 spiro atoms. The molecule has 0 amide bonds. The number of anilines is 1. The zero-order chi connectivity index (χ0) is 11.7. The molecule has 0 saturated carbocycles. The largest absolute Gasteiger partial charge is 0.382 e. The predicted molar refractivity (Wildman–Crippen MR) is 64.6 cm³/mol. The fourth-order valence-electron chi connectivity index (χ4n) is 1.46. The molecule has 0 bridgehead atoms. The maximum Gasteiger partial charge on any atom is 0.148 e. The third-order valence-electron chi connectivity index (χ3n) is 2.32. The van der Waals surface area contributed by atoms with Gasteiger partial charge in [-0.25, -0.2) is 4.39 Å². The molecule has 0 aliphatic heterocycles. The Kier molecular flexibility index (Phi) is 2.96. The van der Waals surface area contributed by atoms with Gasteiger partial charge in [-0.05, 0) is 25.1 Å². The maximum absolute atomic E-state index is 13.5. The van der Waals surface area contributed by atoms with E-state index in [1.54, 1.807) is 23.0 Å². The van der Waals surface area contributed by atoms with Gasteiger partial charge in [-0.15, -0.1) is 0 Å². The molecule has 0 unspecified atom stereocenters. The highest BCUT2D eigenvalue weighted by Crippen LogP contribution is 2.17. The monoisotopic (exact) mass is 283 g/mol. The Morgan fingerprint density at radius 3 is 2.88 bits per heavy atom. The Morgan fingerprint density at radius 2 is 2.25 bits per heavy atom. The number of halogens is 2. The first-order chi connectivity index (χ1) is 7.56. The summed E-state index contributed by atoms with van der Waals surface area (Å²) in [5.41, 5.74) is 7.11. The smallest absolute Gasteiger partial charge is 0.148 e. The van der Waals surface area contributed by atoms with Crippen LogP contribution in [0.4, 0.5) is 10.2 Å². The maximum atomic E-state index is 13.5. The van der Waals surface area contributed by atoms with Crippen LogP contribution in [0.15, 0.2) is 28.9 Å². The quantitative estimate of drug-likeness (QED) is 0.921. The molecule has 2 aromatic rings. The van der Waals surface area contributed by atoms with Crippen molar-refractivity contribution in [2.75, 3.05) is 5.73 Å². The molecule has 0 radical (unpaired) electrons. The van der Waals surface area contributed by atoms with E-state index in [1.807, 2.05) is 6.92 Å². The molecule has 0 fully saturated rings. The first-order valence-electron chi connectivity index (χ1n) is 4.79. The number of hydrogen-bond acceptors (Lipinski definition) is 2. The summed E-state index contributed by atoms with van der Waals surface area (Å²) >= 11 is 3.31. The van der Waals surface area contributed by atoms with Crippen LogP contribution in [0.25, 0.3) is 0 Å². The molecule has 1 aromatic carbocycles. The Morgan fingerprint density at radius 1 is 1.50 bits per heavy atom. The lowest BCUT2D eigenvalue weighted by Gasteiger charge is -2.04. The van der Waals surface area contributed by atoms with Gasteiger partial charge in [-0.2, -0.15) is 5.10 Å². The topological polar surface area (TPSA) is 43.8 Å². The molecule has 2 rings (SSSR count). The number of nitrogens with zero attached hydrogens (tertiary/aromatic N) is 2. The molecular formula is C11H11BrFN3. The number of benzene rings is 1. The van der Waals surface area contributed by atoms with Crippen LogP contribution < -0.4 is 5.73 Å². The minimum Gasteiger partial charge on any atom is -0.382 e. The van der Waals surface area contributed by atoms with Crippen molar-refractivity contribution < 1.29 is 4.39 Å². The van der Waals surface area contributed by atoms with Crippen molar-refractivity contribution >= 4 is 21.7 Å². The van der Waals surface area contributed by atoms with Crippen LogP contribution in [-0.2, 0) is 6.54 Å². The van der Waals surface area contributed by atoms with Crippen LogP contribution >= 0.6 is 15.9 Å². The predicted octanol–water partition coefficient (Wildman–Crippen LogP) is 2.72. The Hall–Kier alpha value is -1.36. The van der Waals surface area contributed by atoms with Gasteiger partial charge in [0.25, 0.3) is 0 Å². The first kappa shape index (κ1) is 11.1. The van der Waals surface area contributed by atoms with Crippen molar-refractivity contribution in [3.63, 3.8) is 0 Å². The van der Waals surface area contributed by atoms with Crippen molar-refractivity contribution in [3.05, 3.63) is 45.8 Å². The molecule has 0 aliphatic carbocycles. The molecule has 16 heavy (non-hydrogen) atoms. The van der Waals surface area contributed by atoms with Gasteiger partial charge in [0.15, 0.2) is 0 Å². The number of rotatable bonds is 2. The van der Waals surface area contributed by atoms with Crippen molar-refractivity contribution in [2.45, 2.75) is 13.5 Å². The Bertz CT molecular complexity index is 502. The lowest BCUT2D eigenvalue weighted by molar-refractivity contribution is 0.585. The number of nitrogens with two attached hydrogens (primary N) is 1. The van der Waals surface area contributed by atoms with Crippen molar-refractivity contribution in [2.24, 2.45) is 0 Å². The number of nitrogen functional groups attached to an aromatic ring is 1. The highest BCUT2D eigenvalue weighted by atomic mass is 79.9. The Balaban J connectivity index is 2.29. The molecule has 84 valence electrons. The van der Waals surface area contributed by atoms with Gasteiger partial charge in [0.2, 0.25) is 0 Å². The molecule has 1 heterocycles. The summed E-state index contributed by atoms with van der Waals surface area (Å²) < 4.78 is 16.0. The van der Waals surface area contributed by atoms with Crippen molar-refractivity contribution in [3.8, 4) is 0 Å². The van der Waals surface area contributed by atoms with Gasteiger partial charge in [-0.3, -0.25) is 4.68 Å². The van der Waals surface area contributed by atoms with E-state index >= 15 is 0 Å². The van der Waals surface area contributed by atoms with E-state index < -0.39 is 0 Å². The van der Waals surface area contributed by atoms with Gasteiger partial charge in [0, 0.05) is 21.8 Å². The van der Waals surface area contributed by atoms with Crippen LogP contribution in [-0.4, -0.2) is 9.78 Å². The van der Waals surface area contributed by atoms with Gasteiger partial charge in [0.1, 0.15) is 11.6 Å². The summed E-state index contributed by atoms with van der Waals surface area (Å²) in [6, 6.07) is 4.84. The van der Waals surface area contributed by atoms with E-state index in [1.165, 1.54) is 6.07 Å². The molecule has 0 aliphatic rings. The van der Waals surface area contributed by atoms with Gasteiger partial charge in [0.05, 0.1) is 6.54 Å². The summed E-state index contributed by atoms with van der Waals surface area (Å²) in [5.74, 6) is 0.241. The van der Waals surface area contributed by atoms with Gasteiger partial charge in [-0.1, -0.05) is 15.9 Å². The molecule has 2 N–H and O–H groups in total. The molecule has 3 nitrogen and oxygen atoms in total. The minimum atomic E-state index is -0.241. The first-order valence-corrected chi connectivity index (χ1v) is 5.59. The van der Waals surface area contributed by atoms with Crippen molar-refractivity contribution in [1.29, 1.82) is 0 Å². The number of hydrogen-bond donors (Lipinski definition) is 1. The molecule has 1 aromatic heterocycles. The van der Waals surface area contributed by atoms with Crippen LogP contribution in [0.2, 0.25) is 0 Å². The normalized spacial score (nSPS) is 10.7. The van der Waals surface area contributed by atoms with E-state index in [2.05, 4.69) is 21.0 Å². The van der Waals surface area contributed by atoms with E-state index in [0.717, 1.165) is 10.0 Å². The highest BCUT2D eigenvalue weighted by molar-refractivity contribution is 9.10. The fourth-order valence-corrected chi connectivity index (χ4v) is 1.86. The zero-order valence-corrected chi connectivity index (χ0v) is 10.3. The SMILES string of the molecule is Cc1cn(Cc2cc(Br)ccc2F)nc1N. The molecule has 0 saturated heterocycles. The summed E-state index contributed by atoms with van der Waals surface area (Å²) in [6.45, 7) is 2.25. The third-order valence-corrected chi connectivity index (χ3v) is 2.82. The zero-order valence-electron chi connectivity index (χ0n) is 8.74. The average Bonchev–Trinajstić information content (AvgIpc) is 2.52. The van der Waals surface area contributed by atoms with Crippen LogP contribution in [0.1, 0.15) is 11.1 Å². The molecule has 0 atom stereocenters. The number of aryl methyl sites for hydroxylation is 1. The van der Waals surface area contributed by atoms with E-state index in [4.69, 9.17) is 5.73 Å².